The standard InChI is InChI=1S/C14H10Br3NO2/c1-20-13-5-3-9(16)7-12(13)18-14(19)10-6-8(15)2-4-11(10)17/h2-7H,1H3,(H,18,19). The van der Waals surface area contributed by atoms with E-state index in [4.69, 9.17) is 4.74 Å². The first kappa shape index (κ1) is 15.5. The Morgan fingerprint density at radius 2 is 1.70 bits per heavy atom. The molecule has 0 aromatic heterocycles. The number of carbonyl (C=O) groups is 1. The van der Waals surface area contributed by atoms with Crippen LogP contribution in [0.2, 0.25) is 0 Å². The molecule has 0 aliphatic rings. The van der Waals surface area contributed by atoms with Gasteiger partial charge in [-0.3, -0.25) is 4.79 Å². The number of methoxy groups -OCH3 is 1. The Labute approximate surface area is 142 Å². The lowest BCUT2D eigenvalue weighted by molar-refractivity contribution is 0.102. The summed E-state index contributed by atoms with van der Waals surface area (Å²) in [4.78, 5) is 12.3. The summed E-state index contributed by atoms with van der Waals surface area (Å²) in [5, 5.41) is 2.84. The van der Waals surface area contributed by atoms with Gasteiger partial charge in [0, 0.05) is 13.4 Å². The van der Waals surface area contributed by atoms with E-state index in [1.165, 1.54) is 0 Å². The van der Waals surface area contributed by atoms with E-state index in [1.807, 2.05) is 18.2 Å². The quantitative estimate of drug-likeness (QED) is 0.676. The zero-order chi connectivity index (χ0) is 14.7. The van der Waals surface area contributed by atoms with Gasteiger partial charge in [0.05, 0.1) is 18.4 Å². The fourth-order valence-corrected chi connectivity index (χ4v) is 2.79. The molecule has 104 valence electrons. The Kier molecular flexibility index (Phi) is 5.23. The second-order valence-corrected chi connectivity index (χ2v) is 6.61. The predicted molar refractivity (Wildman–Crippen MR) is 90.5 cm³/mol. The maximum atomic E-state index is 12.3. The maximum absolute atomic E-state index is 12.3. The predicted octanol–water partition coefficient (Wildman–Crippen LogP) is 5.24. The second kappa shape index (κ2) is 6.74. The molecule has 0 bridgehead atoms. The molecule has 0 spiro atoms. The van der Waals surface area contributed by atoms with Gasteiger partial charge in [0.15, 0.2) is 0 Å². The summed E-state index contributed by atoms with van der Waals surface area (Å²) in [5.41, 5.74) is 1.15. The SMILES string of the molecule is COc1ccc(Br)cc1NC(=O)c1cc(Br)ccc1Br. The summed E-state index contributed by atoms with van der Waals surface area (Å²) in [6.45, 7) is 0. The van der Waals surface area contributed by atoms with Crippen molar-refractivity contribution in [3.05, 3.63) is 55.4 Å². The van der Waals surface area contributed by atoms with Crippen molar-refractivity contribution in [1.82, 2.24) is 0 Å². The van der Waals surface area contributed by atoms with Crippen molar-refractivity contribution in [2.75, 3.05) is 12.4 Å². The van der Waals surface area contributed by atoms with Crippen molar-refractivity contribution < 1.29 is 9.53 Å². The highest BCUT2D eigenvalue weighted by atomic mass is 79.9. The van der Waals surface area contributed by atoms with Crippen molar-refractivity contribution >= 4 is 59.4 Å². The van der Waals surface area contributed by atoms with Crippen LogP contribution in [0.3, 0.4) is 0 Å². The van der Waals surface area contributed by atoms with E-state index in [0.717, 1.165) is 13.4 Å². The number of amides is 1. The van der Waals surface area contributed by atoms with Crippen LogP contribution in [0, 0.1) is 0 Å². The lowest BCUT2D eigenvalue weighted by Crippen LogP contribution is -2.13. The summed E-state index contributed by atoms with van der Waals surface area (Å²) in [6.07, 6.45) is 0. The van der Waals surface area contributed by atoms with Gasteiger partial charge in [-0.05, 0) is 52.3 Å². The number of benzene rings is 2. The van der Waals surface area contributed by atoms with Crippen LogP contribution in [-0.4, -0.2) is 13.0 Å². The minimum Gasteiger partial charge on any atom is -0.495 e. The molecular formula is C14H10Br3NO2. The molecule has 20 heavy (non-hydrogen) atoms. The number of rotatable bonds is 3. The Morgan fingerprint density at radius 3 is 2.40 bits per heavy atom. The van der Waals surface area contributed by atoms with E-state index in [-0.39, 0.29) is 5.91 Å². The average molecular weight is 464 g/mol. The summed E-state index contributed by atoms with van der Waals surface area (Å²) < 4.78 is 7.67. The van der Waals surface area contributed by atoms with Gasteiger partial charge < -0.3 is 10.1 Å². The number of hydrogen-bond acceptors (Lipinski definition) is 2. The van der Waals surface area contributed by atoms with E-state index < -0.39 is 0 Å². The van der Waals surface area contributed by atoms with E-state index in [2.05, 4.69) is 53.1 Å². The average Bonchev–Trinajstić information content (AvgIpc) is 2.41. The number of ether oxygens (including phenoxy) is 1. The third-order valence-electron chi connectivity index (χ3n) is 2.58. The van der Waals surface area contributed by atoms with Crippen LogP contribution < -0.4 is 10.1 Å². The minimum atomic E-state index is -0.213. The van der Waals surface area contributed by atoms with Crippen LogP contribution in [0.4, 0.5) is 5.69 Å². The molecule has 2 rings (SSSR count). The molecule has 0 radical (unpaired) electrons. The van der Waals surface area contributed by atoms with Gasteiger partial charge in [-0.1, -0.05) is 31.9 Å². The molecule has 0 aliphatic carbocycles. The zero-order valence-corrected chi connectivity index (χ0v) is 15.2. The highest BCUT2D eigenvalue weighted by Crippen LogP contribution is 2.29. The topological polar surface area (TPSA) is 38.3 Å². The summed E-state index contributed by atoms with van der Waals surface area (Å²) in [5.74, 6) is 0.391. The van der Waals surface area contributed by atoms with Crippen molar-refractivity contribution in [3.8, 4) is 5.75 Å². The molecule has 0 aliphatic heterocycles. The van der Waals surface area contributed by atoms with Gasteiger partial charge in [-0.2, -0.15) is 0 Å². The molecular weight excluding hydrogens is 454 g/mol. The fraction of sp³-hybridized carbons (Fsp3) is 0.0714. The lowest BCUT2D eigenvalue weighted by Gasteiger charge is -2.11. The largest absolute Gasteiger partial charge is 0.495 e. The Hall–Kier alpha value is -0.850. The number of anilines is 1. The molecule has 0 saturated carbocycles. The highest BCUT2D eigenvalue weighted by Gasteiger charge is 2.13. The number of halogens is 3. The van der Waals surface area contributed by atoms with E-state index in [9.17, 15) is 4.79 Å². The minimum absolute atomic E-state index is 0.213. The van der Waals surface area contributed by atoms with E-state index >= 15 is 0 Å². The van der Waals surface area contributed by atoms with Gasteiger partial charge >= 0.3 is 0 Å². The molecule has 1 amide bonds. The molecule has 6 heteroatoms. The molecule has 0 fully saturated rings. The third-order valence-corrected chi connectivity index (χ3v) is 4.26. The van der Waals surface area contributed by atoms with Gasteiger partial charge in [-0.25, -0.2) is 0 Å². The van der Waals surface area contributed by atoms with Crippen LogP contribution >= 0.6 is 47.8 Å². The first-order chi connectivity index (χ1) is 9.51. The van der Waals surface area contributed by atoms with Gasteiger partial charge in [-0.15, -0.1) is 0 Å². The molecule has 0 heterocycles. The molecule has 0 atom stereocenters. The Balaban J connectivity index is 2.32. The molecule has 1 N–H and O–H groups in total. The summed E-state index contributed by atoms with van der Waals surface area (Å²) >= 11 is 10.1. The van der Waals surface area contributed by atoms with Crippen molar-refractivity contribution in [2.24, 2.45) is 0 Å². The highest BCUT2D eigenvalue weighted by molar-refractivity contribution is 9.11. The van der Waals surface area contributed by atoms with Gasteiger partial charge in [0.25, 0.3) is 5.91 Å². The van der Waals surface area contributed by atoms with Crippen molar-refractivity contribution in [2.45, 2.75) is 0 Å². The van der Waals surface area contributed by atoms with Crippen LogP contribution in [0.5, 0.6) is 5.75 Å². The van der Waals surface area contributed by atoms with Crippen molar-refractivity contribution in [1.29, 1.82) is 0 Å². The number of carbonyl (C=O) groups excluding carboxylic acids is 1. The maximum Gasteiger partial charge on any atom is 0.256 e. The van der Waals surface area contributed by atoms with Gasteiger partial charge in [0.1, 0.15) is 5.75 Å². The second-order valence-electron chi connectivity index (χ2n) is 3.92. The summed E-state index contributed by atoms with van der Waals surface area (Å²) in [6, 6.07) is 10.9. The third kappa shape index (κ3) is 3.62. The van der Waals surface area contributed by atoms with E-state index in [0.29, 0.717) is 17.0 Å². The fourth-order valence-electron chi connectivity index (χ4n) is 1.64. The van der Waals surface area contributed by atoms with Gasteiger partial charge in [0.2, 0.25) is 0 Å². The molecule has 0 unspecified atom stereocenters. The lowest BCUT2D eigenvalue weighted by atomic mass is 10.2. The first-order valence-electron chi connectivity index (χ1n) is 5.61. The van der Waals surface area contributed by atoms with Crippen LogP contribution in [-0.2, 0) is 0 Å². The Morgan fingerprint density at radius 1 is 1.05 bits per heavy atom. The molecule has 0 saturated heterocycles. The molecule has 2 aromatic carbocycles. The summed E-state index contributed by atoms with van der Waals surface area (Å²) in [7, 11) is 1.56. The van der Waals surface area contributed by atoms with Crippen LogP contribution in [0.1, 0.15) is 10.4 Å². The molecule has 2 aromatic rings. The van der Waals surface area contributed by atoms with Crippen LogP contribution in [0.25, 0.3) is 0 Å². The smallest absolute Gasteiger partial charge is 0.256 e. The number of hydrogen-bond donors (Lipinski definition) is 1. The zero-order valence-electron chi connectivity index (χ0n) is 10.4. The van der Waals surface area contributed by atoms with Crippen molar-refractivity contribution in [3.63, 3.8) is 0 Å². The first-order valence-corrected chi connectivity index (χ1v) is 7.99. The number of nitrogens with one attached hydrogen (secondary N) is 1. The molecule has 3 nitrogen and oxygen atoms in total. The Bertz CT molecular complexity index is 659. The van der Waals surface area contributed by atoms with E-state index in [1.54, 1.807) is 25.3 Å². The normalized spacial score (nSPS) is 10.2. The van der Waals surface area contributed by atoms with Crippen LogP contribution in [0.15, 0.2) is 49.8 Å². The monoisotopic (exact) mass is 461 g/mol.